The molecule has 2 amide bonds. The average Bonchev–Trinajstić information content (AvgIpc) is 2.64. The monoisotopic (exact) mass is 409 g/mol. The number of pyridine rings is 1. The number of hydrogen-bond acceptors (Lipinski definition) is 4. The van der Waals surface area contributed by atoms with Crippen molar-refractivity contribution in [3.05, 3.63) is 40.0 Å². The van der Waals surface area contributed by atoms with E-state index in [1.165, 1.54) is 0 Å². The SMILES string of the molecule is CCCOC(=O)N1CCN(C(=O)c2ccc3c(Cl)cc(Cl)nc3c2)CC1C. The minimum atomic E-state index is -0.323. The van der Waals surface area contributed by atoms with E-state index in [2.05, 4.69) is 4.98 Å². The van der Waals surface area contributed by atoms with Gasteiger partial charge in [-0.3, -0.25) is 4.79 Å². The van der Waals surface area contributed by atoms with Crippen molar-refractivity contribution in [2.45, 2.75) is 26.3 Å². The summed E-state index contributed by atoms with van der Waals surface area (Å²) in [7, 11) is 0. The van der Waals surface area contributed by atoms with Crippen molar-refractivity contribution < 1.29 is 14.3 Å². The van der Waals surface area contributed by atoms with Gasteiger partial charge >= 0.3 is 6.09 Å². The molecular formula is C19H21Cl2N3O3. The van der Waals surface area contributed by atoms with Gasteiger partial charge < -0.3 is 14.5 Å². The summed E-state index contributed by atoms with van der Waals surface area (Å²) in [6.07, 6.45) is 0.457. The Kier molecular flexibility index (Phi) is 6.07. The Hall–Kier alpha value is -2.05. The van der Waals surface area contributed by atoms with Crippen LogP contribution in [0.3, 0.4) is 0 Å². The second-order valence-corrected chi connectivity index (χ2v) is 7.36. The number of ether oxygens (including phenoxy) is 1. The molecule has 0 spiro atoms. The molecule has 3 rings (SSSR count). The average molecular weight is 410 g/mol. The van der Waals surface area contributed by atoms with Crippen molar-refractivity contribution in [2.75, 3.05) is 26.2 Å². The van der Waals surface area contributed by atoms with Crippen molar-refractivity contribution in [3.8, 4) is 0 Å². The van der Waals surface area contributed by atoms with Gasteiger partial charge in [-0.05, 0) is 31.5 Å². The Balaban J connectivity index is 1.73. The molecule has 144 valence electrons. The van der Waals surface area contributed by atoms with Crippen LogP contribution in [0.25, 0.3) is 10.9 Å². The zero-order valence-electron chi connectivity index (χ0n) is 15.2. The second kappa shape index (κ2) is 8.31. The highest BCUT2D eigenvalue weighted by atomic mass is 35.5. The third-order valence-electron chi connectivity index (χ3n) is 4.55. The van der Waals surface area contributed by atoms with Crippen LogP contribution in [0.15, 0.2) is 24.3 Å². The van der Waals surface area contributed by atoms with E-state index in [0.29, 0.717) is 42.3 Å². The Labute approximate surface area is 168 Å². The molecule has 2 heterocycles. The Morgan fingerprint density at radius 1 is 1.26 bits per heavy atom. The van der Waals surface area contributed by atoms with Gasteiger partial charge in [-0.2, -0.15) is 0 Å². The molecule has 1 aliphatic heterocycles. The first kappa shape index (κ1) is 19.7. The fourth-order valence-corrected chi connectivity index (χ4v) is 3.68. The number of carbonyl (C=O) groups is 2. The zero-order chi connectivity index (χ0) is 19.6. The van der Waals surface area contributed by atoms with Gasteiger partial charge in [0, 0.05) is 36.6 Å². The normalized spacial score (nSPS) is 17.3. The predicted molar refractivity (Wildman–Crippen MR) is 105 cm³/mol. The predicted octanol–water partition coefficient (Wildman–Crippen LogP) is 4.23. The first-order valence-electron chi connectivity index (χ1n) is 8.89. The maximum atomic E-state index is 12.9. The summed E-state index contributed by atoms with van der Waals surface area (Å²) in [5, 5.41) is 1.52. The number of nitrogens with zero attached hydrogens (tertiary/aromatic N) is 3. The second-order valence-electron chi connectivity index (χ2n) is 6.57. The molecule has 6 nitrogen and oxygen atoms in total. The summed E-state index contributed by atoms with van der Waals surface area (Å²) in [4.78, 5) is 32.6. The van der Waals surface area contributed by atoms with Gasteiger partial charge in [0.1, 0.15) is 5.15 Å². The van der Waals surface area contributed by atoms with Gasteiger partial charge in [0.2, 0.25) is 0 Å². The molecule has 8 heteroatoms. The Morgan fingerprint density at radius 3 is 2.74 bits per heavy atom. The van der Waals surface area contributed by atoms with Gasteiger partial charge in [-0.15, -0.1) is 0 Å². The highest BCUT2D eigenvalue weighted by molar-refractivity contribution is 6.37. The molecule has 27 heavy (non-hydrogen) atoms. The number of carbonyl (C=O) groups excluding carboxylic acids is 2. The zero-order valence-corrected chi connectivity index (χ0v) is 16.8. The van der Waals surface area contributed by atoms with Crippen molar-refractivity contribution in [1.82, 2.24) is 14.8 Å². The van der Waals surface area contributed by atoms with Crippen molar-refractivity contribution in [1.29, 1.82) is 0 Å². The molecule has 0 radical (unpaired) electrons. The molecule has 1 fully saturated rings. The van der Waals surface area contributed by atoms with Crippen LogP contribution in [-0.4, -0.2) is 59.1 Å². The van der Waals surface area contributed by atoms with Crippen LogP contribution in [0.1, 0.15) is 30.6 Å². The quantitative estimate of drug-likeness (QED) is 0.711. The molecule has 1 atom stereocenters. The van der Waals surface area contributed by atoms with Crippen LogP contribution in [0.4, 0.5) is 4.79 Å². The molecule has 1 aromatic heterocycles. The standard InChI is InChI=1S/C19H21Cl2N3O3/c1-3-8-27-19(26)24-7-6-23(11-12(24)2)18(25)13-4-5-14-15(20)10-17(21)22-16(14)9-13/h4-5,9-10,12H,3,6-8,11H2,1-2H3. The third kappa shape index (κ3) is 4.28. The van der Waals surface area contributed by atoms with E-state index in [0.717, 1.165) is 11.8 Å². The minimum absolute atomic E-state index is 0.108. The largest absolute Gasteiger partial charge is 0.449 e. The molecular weight excluding hydrogens is 389 g/mol. The maximum absolute atomic E-state index is 12.9. The molecule has 0 saturated carbocycles. The third-order valence-corrected chi connectivity index (χ3v) is 5.06. The number of benzene rings is 1. The number of aromatic nitrogens is 1. The summed E-state index contributed by atoms with van der Waals surface area (Å²) in [5.74, 6) is -0.108. The summed E-state index contributed by atoms with van der Waals surface area (Å²) >= 11 is 12.1. The van der Waals surface area contributed by atoms with Crippen molar-refractivity contribution in [2.24, 2.45) is 0 Å². The van der Waals surface area contributed by atoms with Gasteiger partial charge in [0.25, 0.3) is 5.91 Å². The summed E-state index contributed by atoms with van der Waals surface area (Å²) in [6, 6.07) is 6.66. The molecule has 0 N–H and O–H groups in total. The summed E-state index contributed by atoms with van der Waals surface area (Å²) in [6.45, 7) is 5.60. The van der Waals surface area contributed by atoms with E-state index < -0.39 is 0 Å². The van der Waals surface area contributed by atoms with Gasteiger partial charge in [0.15, 0.2) is 0 Å². The number of rotatable bonds is 3. The lowest BCUT2D eigenvalue weighted by Crippen LogP contribution is -2.55. The van der Waals surface area contributed by atoms with E-state index in [9.17, 15) is 9.59 Å². The number of amides is 2. The molecule has 1 unspecified atom stereocenters. The van der Waals surface area contributed by atoms with Crippen molar-refractivity contribution in [3.63, 3.8) is 0 Å². The number of fused-ring (bicyclic) bond motifs is 1. The molecule has 1 aliphatic rings. The first-order chi connectivity index (χ1) is 12.9. The van der Waals surface area contributed by atoms with Gasteiger partial charge in [-0.25, -0.2) is 9.78 Å². The number of halogens is 2. The molecule has 0 aliphatic carbocycles. The van der Waals surface area contributed by atoms with Crippen LogP contribution in [0.5, 0.6) is 0 Å². The summed E-state index contributed by atoms with van der Waals surface area (Å²) in [5.41, 5.74) is 1.09. The lowest BCUT2D eigenvalue weighted by molar-refractivity contribution is 0.0412. The van der Waals surface area contributed by atoms with E-state index in [1.54, 1.807) is 34.1 Å². The Bertz CT molecular complexity index is 875. The van der Waals surface area contributed by atoms with E-state index in [1.807, 2.05) is 13.8 Å². The van der Waals surface area contributed by atoms with E-state index in [4.69, 9.17) is 27.9 Å². The molecule has 0 bridgehead atoms. The minimum Gasteiger partial charge on any atom is -0.449 e. The smallest absolute Gasteiger partial charge is 0.410 e. The maximum Gasteiger partial charge on any atom is 0.410 e. The fraction of sp³-hybridized carbons (Fsp3) is 0.421. The highest BCUT2D eigenvalue weighted by Crippen LogP contribution is 2.26. The first-order valence-corrected chi connectivity index (χ1v) is 9.64. The number of hydrogen-bond donors (Lipinski definition) is 0. The van der Waals surface area contributed by atoms with Crippen LogP contribution in [-0.2, 0) is 4.74 Å². The van der Waals surface area contributed by atoms with Crippen LogP contribution in [0.2, 0.25) is 10.2 Å². The van der Waals surface area contributed by atoms with Crippen LogP contribution >= 0.6 is 23.2 Å². The van der Waals surface area contributed by atoms with E-state index >= 15 is 0 Å². The lowest BCUT2D eigenvalue weighted by atomic mass is 10.1. The van der Waals surface area contributed by atoms with E-state index in [-0.39, 0.29) is 23.2 Å². The van der Waals surface area contributed by atoms with Crippen LogP contribution in [0, 0.1) is 0 Å². The van der Waals surface area contributed by atoms with Gasteiger partial charge in [0.05, 0.1) is 17.1 Å². The summed E-state index contributed by atoms with van der Waals surface area (Å²) < 4.78 is 5.20. The highest BCUT2D eigenvalue weighted by Gasteiger charge is 2.31. The molecule has 1 saturated heterocycles. The molecule has 2 aromatic rings. The fourth-order valence-electron chi connectivity index (χ4n) is 3.16. The van der Waals surface area contributed by atoms with Crippen molar-refractivity contribution >= 4 is 46.1 Å². The van der Waals surface area contributed by atoms with Crippen LogP contribution < -0.4 is 0 Å². The number of piperazine rings is 1. The Morgan fingerprint density at radius 2 is 2.04 bits per heavy atom. The molecule has 1 aromatic carbocycles. The topological polar surface area (TPSA) is 62.7 Å². The lowest BCUT2D eigenvalue weighted by Gasteiger charge is -2.39. The van der Waals surface area contributed by atoms with Gasteiger partial charge in [-0.1, -0.05) is 36.2 Å².